The molecule has 1 atom stereocenters. The number of para-hydroxylation sites is 1. The monoisotopic (exact) mass is 389 g/mol. The molecule has 1 unspecified atom stereocenters. The zero-order valence-corrected chi connectivity index (χ0v) is 17.2. The van der Waals surface area contributed by atoms with E-state index >= 15 is 0 Å². The average Bonchev–Trinajstić information content (AvgIpc) is 3.15. The summed E-state index contributed by atoms with van der Waals surface area (Å²) in [4.78, 5) is 31.0. The Morgan fingerprint density at radius 2 is 1.86 bits per heavy atom. The van der Waals surface area contributed by atoms with Crippen molar-refractivity contribution in [2.45, 2.75) is 33.2 Å². The van der Waals surface area contributed by atoms with Crippen LogP contribution in [0, 0.1) is 12.8 Å². The second kappa shape index (κ2) is 7.74. The van der Waals surface area contributed by atoms with Crippen molar-refractivity contribution in [2.75, 3.05) is 13.1 Å². The first-order chi connectivity index (χ1) is 14.0. The van der Waals surface area contributed by atoms with Crippen molar-refractivity contribution in [2.24, 2.45) is 5.92 Å². The van der Waals surface area contributed by atoms with Gasteiger partial charge in [-0.3, -0.25) is 9.59 Å². The second-order valence-corrected chi connectivity index (χ2v) is 8.16. The molecular weight excluding hydrogens is 362 g/mol. The summed E-state index contributed by atoms with van der Waals surface area (Å²) in [6.07, 6.45) is 0.922. The second-order valence-electron chi connectivity index (χ2n) is 8.16. The van der Waals surface area contributed by atoms with Gasteiger partial charge in [-0.25, -0.2) is 0 Å². The molecule has 2 aromatic carbocycles. The Hall–Kier alpha value is -3.08. The number of aryl methyl sites for hydroxylation is 1. The molecule has 1 aliphatic heterocycles. The fourth-order valence-electron chi connectivity index (χ4n) is 4.21. The largest absolute Gasteiger partial charge is 0.358 e. The Morgan fingerprint density at radius 1 is 1.14 bits per heavy atom. The lowest BCUT2D eigenvalue weighted by molar-refractivity contribution is -0.122. The molecule has 4 rings (SSSR count). The summed E-state index contributed by atoms with van der Waals surface area (Å²) in [5, 5.41) is 4.05. The number of carbonyl (C=O) groups is 2. The summed E-state index contributed by atoms with van der Waals surface area (Å²) in [5.74, 6) is 0.318. The summed E-state index contributed by atoms with van der Waals surface area (Å²) in [7, 11) is 0. The molecule has 2 heterocycles. The van der Waals surface area contributed by atoms with Gasteiger partial charge in [0.1, 0.15) is 6.54 Å². The van der Waals surface area contributed by atoms with Crippen LogP contribution in [0.1, 0.15) is 53.5 Å². The van der Waals surface area contributed by atoms with Gasteiger partial charge in [-0.15, -0.1) is 0 Å². The minimum absolute atomic E-state index is 0.0508. The third kappa shape index (κ3) is 3.53. The number of hydrogen-bond donors (Lipinski definition) is 2. The van der Waals surface area contributed by atoms with E-state index in [1.807, 2.05) is 49.4 Å². The average molecular weight is 389 g/mol. The van der Waals surface area contributed by atoms with E-state index in [0.717, 1.165) is 34.1 Å². The zero-order valence-electron chi connectivity index (χ0n) is 17.2. The fourth-order valence-corrected chi connectivity index (χ4v) is 4.21. The maximum Gasteiger partial charge on any atom is 0.255 e. The summed E-state index contributed by atoms with van der Waals surface area (Å²) in [6.45, 7) is 6.96. The van der Waals surface area contributed by atoms with Crippen molar-refractivity contribution >= 4 is 22.7 Å². The molecule has 0 aliphatic carbocycles. The van der Waals surface area contributed by atoms with E-state index in [1.165, 1.54) is 0 Å². The highest BCUT2D eigenvalue weighted by Crippen LogP contribution is 2.42. The van der Waals surface area contributed by atoms with Crippen LogP contribution in [-0.4, -0.2) is 34.8 Å². The van der Waals surface area contributed by atoms with Crippen LogP contribution in [0.15, 0.2) is 48.5 Å². The summed E-state index contributed by atoms with van der Waals surface area (Å²) in [6, 6.07) is 15.5. The number of aromatic amines is 1. The van der Waals surface area contributed by atoms with E-state index < -0.39 is 0 Å². The highest BCUT2D eigenvalue weighted by atomic mass is 16.2. The lowest BCUT2D eigenvalue weighted by Crippen LogP contribution is -2.40. The van der Waals surface area contributed by atoms with Crippen LogP contribution in [0.3, 0.4) is 0 Å². The molecule has 0 radical (unpaired) electrons. The van der Waals surface area contributed by atoms with E-state index in [-0.39, 0.29) is 24.4 Å². The van der Waals surface area contributed by atoms with E-state index in [2.05, 4.69) is 30.2 Å². The molecule has 2 amide bonds. The summed E-state index contributed by atoms with van der Waals surface area (Å²) in [5.41, 5.74) is 4.76. The molecule has 1 aliphatic rings. The number of fused-ring (bicyclic) bond motifs is 2. The minimum Gasteiger partial charge on any atom is -0.358 e. The fraction of sp³-hybridized carbons (Fsp3) is 0.333. The molecule has 5 nitrogen and oxygen atoms in total. The molecule has 29 heavy (non-hydrogen) atoms. The number of nitrogens with zero attached hydrogens (tertiary/aromatic N) is 1. The van der Waals surface area contributed by atoms with Gasteiger partial charge in [0.05, 0.1) is 6.04 Å². The van der Waals surface area contributed by atoms with Gasteiger partial charge in [0, 0.05) is 34.3 Å². The molecule has 3 aromatic rings. The molecule has 5 heteroatoms. The van der Waals surface area contributed by atoms with Crippen molar-refractivity contribution in [3.05, 3.63) is 70.9 Å². The Labute approximate surface area is 171 Å². The number of amides is 2. The summed E-state index contributed by atoms with van der Waals surface area (Å²) >= 11 is 0. The Kier molecular flexibility index (Phi) is 5.14. The third-order valence-corrected chi connectivity index (χ3v) is 5.63. The smallest absolute Gasteiger partial charge is 0.255 e. The molecule has 0 saturated carbocycles. The van der Waals surface area contributed by atoms with Gasteiger partial charge in [-0.1, -0.05) is 50.2 Å². The van der Waals surface area contributed by atoms with E-state index in [4.69, 9.17) is 0 Å². The maximum absolute atomic E-state index is 13.2. The Morgan fingerprint density at radius 3 is 2.66 bits per heavy atom. The van der Waals surface area contributed by atoms with Crippen LogP contribution in [0.4, 0.5) is 0 Å². The van der Waals surface area contributed by atoms with Gasteiger partial charge in [0.2, 0.25) is 5.91 Å². The molecular formula is C24H27N3O2. The van der Waals surface area contributed by atoms with E-state index in [0.29, 0.717) is 18.0 Å². The number of benzene rings is 2. The molecule has 150 valence electrons. The number of aromatic nitrogens is 1. The van der Waals surface area contributed by atoms with Gasteiger partial charge in [0.15, 0.2) is 0 Å². The molecule has 0 spiro atoms. The van der Waals surface area contributed by atoms with Crippen LogP contribution < -0.4 is 5.32 Å². The van der Waals surface area contributed by atoms with E-state index in [1.54, 1.807) is 4.90 Å². The number of rotatable bonds is 6. The van der Waals surface area contributed by atoms with Crippen LogP contribution in [-0.2, 0) is 4.79 Å². The third-order valence-electron chi connectivity index (χ3n) is 5.63. The topological polar surface area (TPSA) is 65.2 Å². The zero-order chi connectivity index (χ0) is 20.5. The van der Waals surface area contributed by atoms with Crippen LogP contribution in [0.5, 0.6) is 0 Å². The predicted octanol–water partition coefficient (Wildman–Crippen LogP) is 4.18. The van der Waals surface area contributed by atoms with Gasteiger partial charge in [-0.05, 0) is 37.0 Å². The summed E-state index contributed by atoms with van der Waals surface area (Å²) < 4.78 is 0. The number of H-pyrrole nitrogens is 1. The lowest BCUT2D eigenvalue weighted by Gasteiger charge is -2.26. The van der Waals surface area contributed by atoms with Crippen LogP contribution in [0.2, 0.25) is 0 Å². The highest BCUT2D eigenvalue weighted by molar-refractivity contribution is 6.02. The van der Waals surface area contributed by atoms with Gasteiger partial charge >= 0.3 is 0 Å². The molecule has 1 aromatic heterocycles. The Bertz CT molecular complexity index is 1070. The van der Waals surface area contributed by atoms with Crippen molar-refractivity contribution in [3.63, 3.8) is 0 Å². The minimum atomic E-state index is -0.273. The van der Waals surface area contributed by atoms with Crippen molar-refractivity contribution in [1.82, 2.24) is 15.2 Å². The van der Waals surface area contributed by atoms with Crippen LogP contribution in [0.25, 0.3) is 10.9 Å². The SMILES string of the molecule is Cc1[nH]c2ccccc2c1C1c2ccccc2C(=O)N1CC(=O)NCCC(C)C. The molecule has 0 saturated heterocycles. The van der Waals surface area contributed by atoms with Crippen molar-refractivity contribution < 1.29 is 9.59 Å². The first-order valence-electron chi connectivity index (χ1n) is 10.2. The first-order valence-corrected chi connectivity index (χ1v) is 10.2. The predicted molar refractivity (Wildman–Crippen MR) is 115 cm³/mol. The van der Waals surface area contributed by atoms with Crippen LogP contribution >= 0.6 is 0 Å². The normalized spacial score (nSPS) is 15.9. The van der Waals surface area contributed by atoms with Crippen molar-refractivity contribution in [1.29, 1.82) is 0 Å². The number of hydrogen-bond acceptors (Lipinski definition) is 2. The first kappa shape index (κ1) is 19.2. The molecule has 0 fully saturated rings. The number of nitrogens with one attached hydrogen (secondary N) is 2. The standard InChI is InChI=1S/C24H27N3O2/c1-15(2)12-13-25-21(28)14-27-23(17-8-4-5-9-18(17)24(27)29)22-16(3)26-20-11-7-6-10-19(20)22/h4-11,15,23,26H,12-14H2,1-3H3,(H,25,28). The number of carbonyl (C=O) groups excluding carboxylic acids is 2. The van der Waals surface area contributed by atoms with Gasteiger partial charge in [-0.2, -0.15) is 0 Å². The highest BCUT2D eigenvalue weighted by Gasteiger charge is 2.40. The van der Waals surface area contributed by atoms with Crippen molar-refractivity contribution in [3.8, 4) is 0 Å². The van der Waals surface area contributed by atoms with Gasteiger partial charge < -0.3 is 15.2 Å². The molecule has 2 N–H and O–H groups in total. The van der Waals surface area contributed by atoms with E-state index in [9.17, 15) is 9.59 Å². The lowest BCUT2D eigenvalue weighted by atomic mass is 9.95. The maximum atomic E-state index is 13.2. The van der Waals surface area contributed by atoms with Gasteiger partial charge in [0.25, 0.3) is 5.91 Å². The Balaban J connectivity index is 1.71. The molecule has 0 bridgehead atoms. The quantitative estimate of drug-likeness (QED) is 0.664.